The van der Waals surface area contributed by atoms with Crippen LogP contribution < -0.4 is 34.7 Å². The summed E-state index contributed by atoms with van der Waals surface area (Å²) in [5, 5.41) is 44.8. The van der Waals surface area contributed by atoms with E-state index in [0.717, 1.165) is 38.5 Å². The zero-order chi connectivity index (χ0) is 34.0. The van der Waals surface area contributed by atoms with Crippen molar-refractivity contribution in [2.75, 3.05) is 6.54 Å². The molecule has 7 atom stereocenters. The first kappa shape index (κ1) is 43.5. The van der Waals surface area contributed by atoms with Crippen LogP contribution >= 0.6 is 7.82 Å². The number of phosphoric ester groups is 1. The predicted molar refractivity (Wildman–Crippen MR) is 174 cm³/mol. The Morgan fingerprint density at radius 1 is 1.23 bits per heavy atom. The number of nitrogens with zero attached hydrogens (tertiary/aromatic N) is 1. The van der Waals surface area contributed by atoms with Gasteiger partial charge in [0.25, 0.3) is 0 Å². The summed E-state index contributed by atoms with van der Waals surface area (Å²) in [7, 11) is -5.17. The summed E-state index contributed by atoms with van der Waals surface area (Å²) in [6, 6.07) is 0. The van der Waals surface area contributed by atoms with Gasteiger partial charge in [0, 0.05) is 44.2 Å². The van der Waals surface area contributed by atoms with Crippen LogP contribution in [0.25, 0.3) is 0 Å². The third-order valence-corrected chi connectivity index (χ3v) is 8.59. The number of hydrogen-bond donors (Lipinski definition) is 5. The maximum absolute atomic E-state index is 12.3. The molecule has 2 rings (SSSR count). The van der Waals surface area contributed by atoms with Gasteiger partial charge >= 0.3 is 43.3 Å². The minimum atomic E-state index is -5.17. The number of ether oxygens (including phenoxy) is 1. The Hall–Kier alpha value is -1.55. The molecule has 5 N–H and O–H groups in total. The monoisotopic (exact) mass is 687 g/mol. The predicted octanol–water partition coefficient (Wildman–Crippen LogP) is 0.801. The van der Waals surface area contributed by atoms with Gasteiger partial charge in [0.05, 0.1) is 12.2 Å². The summed E-state index contributed by atoms with van der Waals surface area (Å²) in [6.45, 7) is 3.76. The van der Waals surface area contributed by atoms with Crippen LogP contribution in [0.2, 0.25) is 0 Å². The number of unbranched alkanes of at least 4 members (excludes halogenated alkanes) is 3. The van der Waals surface area contributed by atoms with Crippen molar-refractivity contribution in [3.8, 4) is 11.8 Å². The fourth-order valence-corrected chi connectivity index (χ4v) is 6.03. The molecule has 0 aromatic carbocycles. The average molecular weight is 688 g/mol. The van der Waals surface area contributed by atoms with Crippen molar-refractivity contribution in [3.05, 3.63) is 48.6 Å². The summed E-state index contributed by atoms with van der Waals surface area (Å²) in [5.41, 5.74) is -2.13. The number of allylic oxidation sites excluding steroid dienone is 3. The van der Waals surface area contributed by atoms with E-state index in [2.05, 4.69) is 23.8 Å². The zero-order valence-electron chi connectivity index (χ0n) is 27.9. The quantitative estimate of drug-likeness (QED) is 0.0159. The molecule has 1 aliphatic carbocycles. The molecule has 0 bridgehead atoms. The van der Waals surface area contributed by atoms with Gasteiger partial charge in [0.15, 0.2) is 0 Å². The Balaban J connectivity index is 0.0000110. The molecule has 0 aromatic rings. The average Bonchev–Trinajstić information content (AvgIpc) is 2.99. The van der Waals surface area contributed by atoms with Crippen molar-refractivity contribution in [2.24, 2.45) is 16.8 Å². The standard InChI is InChI=1S/C34H52NO10P.Na/c1-3-5-6-7-8-9-17-32(38)35-23-22-34(40,21-20-30-27(4-2)18-19-33(39)44-30)31(45-46(41,42)43)25-29(37)15-11-10-13-26-14-12-16-28(36)24-26;/h10-11,13,15,18-21,26-31,36-37,40H,3-7,12,14,16-17,22-25H2,1-2H3,(H,35,38)(H2,41,42,43);/q;+1/p-1/b13-10-,15-11-,21-20+;/t26-,27+,28+,29+,30+,31-,34+;/m1./s1. The molecule has 1 heterocycles. The summed E-state index contributed by atoms with van der Waals surface area (Å²) < 4.78 is 22.4. The van der Waals surface area contributed by atoms with E-state index in [-0.39, 0.29) is 66.9 Å². The first-order valence-electron chi connectivity index (χ1n) is 16.3. The molecule has 1 saturated carbocycles. The smallest absolute Gasteiger partial charge is 0.861 e. The molecule has 11 nitrogen and oxygen atoms in total. The second-order valence-corrected chi connectivity index (χ2v) is 13.1. The van der Waals surface area contributed by atoms with Gasteiger partial charge in [0.1, 0.15) is 17.8 Å². The van der Waals surface area contributed by atoms with Crippen LogP contribution in [0.1, 0.15) is 90.9 Å². The van der Waals surface area contributed by atoms with Crippen molar-refractivity contribution in [3.63, 3.8) is 0 Å². The number of aliphatic imine (C=N–C) groups is 1. The number of carbonyl (C=O) groups excluding carboxylic acids is 1. The number of aliphatic hydroxyl groups excluding tert-OH is 2. The molecule has 47 heavy (non-hydrogen) atoms. The number of rotatable bonds is 18. The van der Waals surface area contributed by atoms with Gasteiger partial charge in [-0.3, -0.25) is 4.52 Å². The number of carbonyl (C=O) groups is 1. The molecule has 0 unspecified atom stereocenters. The number of esters is 1. The van der Waals surface area contributed by atoms with Crippen LogP contribution in [0.15, 0.2) is 53.6 Å². The largest absolute Gasteiger partial charge is 1.00 e. The molecule has 0 saturated heterocycles. The molecule has 13 heteroatoms. The third kappa shape index (κ3) is 18.1. The minimum Gasteiger partial charge on any atom is -0.861 e. The molecule has 0 radical (unpaired) electrons. The van der Waals surface area contributed by atoms with E-state index in [9.17, 15) is 39.6 Å². The van der Waals surface area contributed by atoms with Crippen LogP contribution in [-0.4, -0.2) is 73.5 Å². The van der Waals surface area contributed by atoms with E-state index in [1.165, 1.54) is 24.3 Å². The van der Waals surface area contributed by atoms with Gasteiger partial charge in [-0.2, -0.15) is 0 Å². The van der Waals surface area contributed by atoms with E-state index in [4.69, 9.17) is 9.26 Å². The van der Waals surface area contributed by atoms with Gasteiger partial charge in [-0.25, -0.2) is 9.36 Å². The van der Waals surface area contributed by atoms with Gasteiger partial charge in [-0.1, -0.05) is 75.5 Å². The normalized spacial score (nSPS) is 24.8. The molecule has 0 spiro atoms. The number of cyclic esters (lactones) is 1. The zero-order valence-corrected chi connectivity index (χ0v) is 30.8. The SMILES string of the molecule is CCCCCC#CCC([O-])=NCC[C@@](O)(/C=C/[C@@H]1OC(=O)C=C[C@@H]1CC)[C@@H](C[C@@H](O)/C=C\C=C/[C@@H]1CCC[C@H](O)C1)OP(=O)(O)O.[Na+]. The summed E-state index contributed by atoms with van der Waals surface area (Å²) in [6.07, 6.45) is 15.2. The summed E-state index contributed by atoms with van der Waals surface area (Å²) in [4.78, 5) is 35.3. The molecule has 1 aliphatic heterocycles. The van der Waals surface area contributed by atoms with Gasteiger partial charge < -0.3 is 39.9 Å². The van der Waals surface area contributed by atoms with Crippen LogP contribution in [-0.2, 0) is 18.6 Å². The first-order valence-corrected chi connectivity index (χ1v) is 17.8. The van der Waals surface area contributed by atoms with Crippen molar-refractivity contribution in [1.82, 2.24) is 0 Å². The molecular formula is C34H51NNaO10P. The van der Waals surface area contributed by atoms with E-state index >= 15 is 0 Å². The van der Waals surface area contributed by atoms with E-state index in [1.54, 1.807) is 18.2 Å². The fourth-order valence-electron chi connectivity index (χ4n) is 5.43. The molecular weight excluding hydrogens is 636 g/mol. The third-order valence-electron chi connectivity index (χ3n) is 8.06. The molecule has 258 valence electrons. The van der Waals surface area contributed by atoms with Crippen LogP contribution in [0.5, 0.6) is 0 Å². The van der Waals surface area contributed by atoms with E-state index in [1.807, 2.05) is 13.0 Å². The Morgan fingerprint density at radius 2 is 2.00 bits per heavy atom. The summed E-state index contributed by atoms with van der Waals surface area (Å²) in [5.74, 6) is 4.67. The molecule has 0 aromatic heterocycles. The second kappa shape index (κ2) is 23.0. The molecule has 1 fully saturated rings. The Bertz CT molecular complexity index is 1200. The van der Waals surface area contributed by atoms with Gasteiger partial charge in [-0.15, -0.1) is 5.92 Å². The van der Waals surface area contributed by atoms with Crippen LogP contribution in [0.4, 0.5) is 0 Å². The fraction of sp³-hybridized carbons (Fsp3) is 0.647. The minimum absolute atomic E-state index is 0. The topological polar surface area (TPSA) is 189 Å². The van der Waals surface area contributed by atoms with Crippen LogP contribution in [0.3, 0.4) is 0 Å². The van der Waals surface area contributed by atoms with Gasteiger partial charge in [-0.05, 0) is 50.0 Å². The number of aliphatic hydroxyl groups is 3. The molecule has 0 amide bonds. The maximum atomic E-state index is 12.3. The Labute approximate surface area is 301 Å². The van der Waals surface area contributed by atoms with Crippen molar-refractivity contribution in [1.29, 1.82) is 0 Å². The van der Waals surface area contributed by atoms with Crippen molar-refractivity contribution < 1.29 is 78.4 Å². The van der Waals surface area contributed by atoms with Gasteiger partial charge in [0.2, 0.25) is 0 Å². The van der Waals surface area contributed by atoms with Crippen molar-refractivity contribution in [2.45, 2.75) is 121 Å². The van der Waals surface area contributed by atoms with Crippen LogP contribution in [0, 0.1) is 23.7 Å². The maximum Gasteiger partial charge on any atom is 1.00 e. The van der Waals surface area contributed by atoms with E-state index in [0.29, 0.717) is 19.3 Å². The number of phosphoric acid groups is 1. The Kier molecular flexibility index (Phi) is 21.2. The van der Waals surface area contributed by atoms with Crippen molar-refractivity contribution >= 4 is 19.7 Å². The van der Waals surface area contributed by atoms with E-state index < -0.39 is 50.0 Å². The Morgan fingerprint density at radius 3 is 2.68 bits per heavy atom. The summed E-state index contributed by atoms with van der Waals surface area (Å²) >= 11 is 0. The number of hydrogen-bond acceptors (Lipinski definition) is 9. The molecule has 2 aliphatic rings. The first-order chi connectivity index (χ1) is 21.8. The second-order valence-electron chi connectivity index (χ2n) is 11.9.